The number of carbonyl (C=O) groups excluding carboxylic acids is 1. The van der Waals surface area contributed by atoms with E-state index in [4.69, 9.17) is 5.73 Å². The fraction of sp³-hybridized carbons (Fsp3) is 0.750. The highest BCUT2D eigenvalue weighted by atomic mass is 16.2. The second-order valence-electron chi connectivity index (χ2n) is 4.27. The Balaban J connectivity index is 2.57. The van der Waals surface area contributed by atoms with Gasteiger partial charge in [-0.05, 0) is 19.3 Å². The number of rotatable bonds is 5. The Bertz CT molecular complexity index is 228. The fourth-order valence-corrected chi connectivity index (χ4v) is 2.25. The molecule has 0 aromatic rings. The number of nitrogens with two attached hydrogens (primary N) is 1. The standard InChI is InChI=1S/C12H22N2O/c1-3-8-14(9-4-2)12(15)10-6-5-7-11(10)13/h3,10-11H,1,4-9,13H2,2H3. The summed E-state index contributed by atoms with van der Waals surface area (Å²) in [6.45, 7) is 7.23. The Kier molecular flexibility index (Phi) is 4.82. The average molecular weight is 210 g/mol. The first kappa shape index (κ1) is 12.2. The predicted octanol–water partition coefficient (Wildman–Crippen LogP) is 1.54. The summed E-state index contributed by atoms with van der Waals surface area (Å²) in [5.74, 6) is 0.276. The molecular weight excluding hydrogens is 188 g/mol. The minimum Gasteiger partial charge on any atom is -0.339 e. The molecule has 2 N–H and O–H groups in total. The molecule has 3 heteroatoms. The van der Waals surface area contributed by atoms with E-state index in [0.717, 1.165) is 32.2 Å². The van der Waals surface area contributed by atoms with E-state index in [9.17, 15) is 4.79 Å². The maximum Gasteiger partial charge on any atom is 0.227 e. The first-order valence-corrected chi connectivity index (χ1v) is 5.86. The van der Waals surface area contributed by atoms with E-state index in [2.05, 4.69) is 13.5 Å². The number of amides is 1. The van der Waals surface area contributed by atoms with Crippen LogP contribution in [-0.2, 0) is 4.79 Å². The molecule has 0 aliphatic heterocycles. The van der Waals surface area contributed by atoms with Gasteiger partial charge >= 0.3 is 0 Å². The van der Waals surface area contributed by atoms with E-state index in [-0.39, 0.29) is 17.9 Å². The van der Waals surface area contributed by atoms with Gasteiger partial charge in [-0.25, -0.2) is 0 Å². The van der Waals surface area contributed by atoms with Gasteiger partial charge in [0.05, 0.1) is 5.92 Å². The molecule has 0 heterocycles. The van der Waals surface area contributed by atoms with Crippen LogP contribution in [0.1, 0.15) is 32.6 Å². The summed E-state index contributed by atoms with van der Waals surface area (Å²) in [4.78, 5) is 14.0. The van der Waals surface area contributed by atoms with Gasteiger partial charge < -0.3 is 10.6 Å². The van der Waals surface area contributed by atoms with Gasteiger partial charge in [0, 0.05) is 19.1 Å². The summed E-state index contributed by atoms with van der Waals surface area (Å²) < 4.78 is 0. The zero-order valence-electron chi connectivity index (χ0n) is 9.61. The van der Waals surface area contributed by atoms with E-state index in [0.29, 0.717) is 6.54 Å². The van der Waals surface area contributed by atoms with Crippen LogP contribution in [0.15, 0.2) is 12.7 Å². The van der Waals surface area contributed by atoms with Gasteiger partial charge in [-0.1, -0.05) is 19.4 Å². The molecular formula is C12H22N2O. The summed E-state index contributed by atoms with van der Waals surface area (Å²) >= 11 is 0. The summed E-state index contributed by atoms with van der Waals surface area (Å²) in [7, 11) is 0. The van der Waals surface area contributed by atoms with Crippen molar-refractivity contribution in [2.75, 3.05) is 13.1 Å². The molecule has 1 saturated carbocycles. The Morgan fingerprint density at radius 1 is 1.60 bits per heavy atom. The first-order chi connectivity index (χ1) is 7.20. The second kappa shape index (κ2) is 5.91. The molecule has 1 fully saturated rings. The maximum atomic E-state index is 12.1. The molecule has 3 nitrogen and oxygen atoms in total. The molecule has 0 spiro atoms. The smallest absolute Gasteiger partial charge is 0.227 e. The van der Waals surface area contributed by atoms with Gasteiger partial charge in [0.15, 0.2) is 0 Å². The lowest BCUT2D eigenvalue weighted by Gasteiger charge is -2.25. The van der Waals surface area contributed by atoms with E-state index < -0.39 is 0 Å². The van der Waals surface area contributed by atoms with Crippen molar-refractivity contribution in [3.8, 4) is 0 Å². The van der Waals surface area contributed by atoms with Crippen LogP contribution in [0.2, 0.25) is 0 Å². The molecule has 0 bridgehead atoms. The van der Waals surface area contributed by atoms with Crippen molar-refractivity contribution < 1.29 is 4.79 Å². The average Bonchev–Trinajstić information content (AvgIpc) is 2.63. The normalized spacial score (nSPS) is 25.2. The van der Waals surface area contributed by atoms with Gasteiger partial charge in [-0.2, -0.15) is 0 Å². The van der Waals surface area contributed by atoms with Gasteiger partial charge in [0.1, 0.15) is 0 Å². The predicted molar refractivity (Wildman–Crippen MR) is 62.4 cm³/mol. The van der Waals surface area contributed by atoms with Gasteiger partial charge in [-0.15, -0.1) is 6.58 Å². The van der Waals surface area contributed by atoms with Crippen LogP contribution in [0, 0.1) is 5.92 Å². The first-order valence-electron chi connectivity index (χ1n) is 5.86. The summed E-state index contributed by atoms with van der Waals surface area (Å²) in [6.07, 6.45) is 5.81. The van der Waals surface area contributed by atoms with Crippen LogP contribution in [0.3, 0.4) is 0 Å². The third-order valence-corrected chi connectivity index (χ3v) is 3.04. The van der Waals surface area contributed by atoms with Crippen molar-refractivity contribution in [3.05, 3.63) is 12.7 Å². The molecule has 1 rings (SSSR count). The van der Waals surface area contributed by atoms with Crippen molar-refractivity contribution in [2.24, 2.45) is 11.7 Å². The lowest BCUT2D eigenvalue weighted by Crippen LogP contribution is -2.42. The molecule has 1 aliphatic carbocycles. The Morgan fingerprint density at radius 3 is 2.80 bits per heavy atom. The Morgan fingerprint density at radius 2 is 2.33 bits per heavy atom. The quantitative estimate of drug-likeness (QED) is 0.700. The molecule has 1 aliphatic rings. The SMILES string of the molecule is C=CCN(CCC)C(=O)C1CCCC1N. The lowest BCUT2D eigenvalue weighted by molar-refractivity contribution is -0.135. The second-order valence-corrected chi connectivity index (χ2v) is 4.27. The van der Waals surface area contributed by atoms with Gasteiger partial charge in [0.2, 0.25) is 5.91 Å². The number of hydrogen-bond donors (Lipinski definition) is 1. The third kappa shape index (κ3) is 3.06. The highest BCUT2D eigenvalue weighted by Crippen LogP contribution is 2.25. The Hall–Kier alpha value is -0.830. The molecule has 0 radical (unpaired) electrons. The molecule has 2 unspecified atom stereocenters. The third-order valence-electron chi connectivity index (χ3n) is 3.04. The van der Waals surface area contributed by atoms with Crippen LogP contribution in [0.5, 0.6) is 0 Å². The van der Waals surface area contributed by atoms with Crippen LogP contribution in [0.25, 0.3) is 0 Å². The number of carbonyl (C=O) groups is 1. The molecule has 0 aromatic carbocycles. The lowest BCUT2D eigenvalue weighted by atomic mass is 10.0. The molecule has 15 heavy (non-hydrogen) atoms. The van der Waals surface area contributed by atoms with Crippen molar-refractivity contribution in [3.63, 3.8) is 0 Å². The van der Waals surface area contributed by atoms with Gasteiger partial charge in [-0.3, -0.25) is 4.79 Å². The topological polar surface area (TPSA) is 46.3 Å². The van der Waals surface area contributed by atoms with E-state index >= 15 is 0 Å². The molecule has 0 saturated heterocycles. The van der Waals surface area contributed by atoms with Gasteiger partial charge in [0.25, 0.3) is 0 Å². The van der Waals surface area contributed by atoms with Crippen molar-refractivity contribution in [1.29, 1.82) is 0 Å². The molecule has 86 valence electrons. The minimum absolute atomic E-state index is 0.0523. The van der Waals surface area contributed by atoms with Crippen molar-refractivity contribution in [2.45, 2.75) is 38.6 Å². The summed E-state index contributed by atoms with van der Waals surface area (Å²) in [5, 5.41) is 0. The molecule has 2 atom stereocenters. The van der Waals surface area contributed by atoms with Crippen LogP contribution < -0.4 is 5.73 Å². The van der Waals surface area contributed by atoms with E-state index in [1.807, 2.05) is 4.90 Å². The monoisotopic (exact) mass is 210 g/mol. The molecule has 1 amide bonds. The van der Waals surface area contributed by atoms with Crippen LogP contribution in [0.4, 0.5) is 0 Å². The van der Waals surface area contributed by atoms with Crippen LogP contribution in [-0.4, -0.2) is 29.9 Å². The van der Waals surface area contributed by atoms with E-state index in [1.54, 1.807) is 6.08 Å². The fourth-order valence-electron chi connectivity index (χ4n) is 2.25. The summed E-state index contributed by atoms with van der Waals surface area (Å²) in [6, 6.07) is 0.0710. The minimum atomic E-state index is 0.0523. The maximum absolute atomic E-state index is 12.1. The highest BCUT2D eigenvalue weighted by molar-refractivity contribution is 5.80. The number of nitrogens with zero attached hydrogens (tertiary/aromatic N) is 1. The van der Waals surface area contributed by atoms with Crippen molar-refractivity contribution in [1.82, 2.24) is 4.90 Å². The Labute approximate surface area is 92.3 Å². The highest BCUT2D eigenvalue weighted by Gasteiger charge is 2.32. The van der Waals surface area contributed by atoms with Crippen LogP contribution >= 0.6 is 0 Å². The molecule has 0 aromatic heterocycles. The zero-order chi connectivity index (χ0) is 11.3. The summed E-state index contributed by atoms with van der Waals surface area (Å²) in [5.41, 5.74) is 5.94. The largest absolute Gasteiger partial charge is 0.339 e. The number of hydrogen-bond acceptors (Lipinski definition) is 2. The van der Waals surface area contributed by atoms with Crippen molar-refractivity contribution >= 4 is 5.91 Å². The van der Waals surface area contributed by atoms with E-state index in [1.165, 1.54) is 0 Å². The zero-order valence-corrected chi connectivity index (χ0v) is 9.61.